The molecule has 14 rings (SSSR count). The van der Waals surface area contributed by atoms with Crippen LogP contribution in [0.15, 0.2) is 85.6 Å². The molecule has 6 atom stereocenters. The lowest BCUT2D eigenvalue weighted by molar-refractivity contribution is 0.266. The van der Waals surface area contributed by atoms with Crippen LogP contribution in [-0.2, 0) is 0 Å². The van der Waals surface area contributed by atoms with Crippen molar-refractivity contribution in [1.29, 1.82) is 0 Å². The number of unbranched alkanes of at least 4 members (excludes halogenated alkanes) is 5. The third kappa shape index (κ3) is 33.4. The molecule has 0 fully saturated rings. The molecule has 0 spiro atoms. The molecule has 14 heterocycles. The summed E-state index contributed by atoms with van der Waals surface area (Å²) in [6.07, 6.45) is 23.8. The number of hydrogen-bond acceptors (Lipinski definition) is 42. The Bertz CT molecular complexity index is 5870. The van der Waals surface area contributed by atoms with Crippen molar-refractivity contribution in [3.63, 3.8) is 0 Å². The second kappa shape index (κ2) is 55.8. The predicted octanol–water partition coefficient (Wildman–Crippen LogP) is 12.2. The van der Waals surface area contributed by atoms with Crippen molar-refractivity contribution in [2.75, 3.05) is 131 Å². The first-order valence-electron chi connectivity index (χ1n) is 45.2. The number of pyridine rings is 7. The Morgan fingerprint density at radius 2 is 0.559 bits per heavy atom. The van der Waals surface area contributed by atoms with E-state index < -0.39 is 17.5 Å². The topological polar surface area (TPSA) is 668 Å². The first-order valence-corrected chi connectivity index (χ1v) is 45.6. The molecule has 46 heteroatoms. The van der Waals surface area contributed by atoms with Gasteiger partial charge in [0.15, 0.2) is 40.7 Å². The van der Waals surface area contributed by atoms with Crippen molar-refractivity contribution in [2.24, 2.45) is 0 Å². The first-order chi connectivity index (χ1) is 65.5. The van der Waals surface area contributed by atoms with Crippen LogP contribution in [-0.4, -0.2) is 225 Å². The van der Waals surface area contributed by atoms with E-state index in [4.69, 9.17) is 56.5 Å². The minimum atomic E-state index is -0.483. The van der Waals surface area contributed by atoms with Crippen LogP contribution in [0.2, 0.25) is 5.02 Å². The van der Waals surface area contributed by atoms with E-state index in [1.165, 1.54) is 18.2 Å². The molecule has 14 aromatic heterocycles. The van der Waals surface area contributed by atoms with Gasteiger partial charge in [-0.25, -0.2) is 82.9 Å². The normalized spacial score (nSPS) is 12.3. The molecule has 0 aromatic carbocycles. The van der Waals surface area contributed by atoms with Gasteiger partial charge in [0.25, 0.3) is 0 Å². The summed E-state index contributed by atoms with van der Waals surface area (Å²) in [4.78, 5) is 86.8. The van der Waals surface area contributed by atoms with Gasteiger partial charge in [-0.3, -0.25) is 0 Å². The van der Waals surface area contributed by atoms with E-state index in [0.717, 1.165) is 152 Å². The number of aliphatic hydroxyl groups is 6. The van der Waals surface area contributed by atoms with E-state index in [2.05, 4.69) is 183 Å². The van der Waals surface area contributed by atoms with Crippen LogP contribution < -0.4 is 82.1 Å². The van der Waals surface area contributed by atoms with E-state index >= 15 is 0 Å². The summed E-state index contributed by atoms with van der Waals surface area (Å²) >= 11 is 5.87. The van der Waals surface area contributed by atoms with Gasteiger partial charge in [0.05, 0.1) is 146 Å². The summed E-state index contributed by atoms with van der Waals surface area (Å²) in [5, 5.41) is 79.0. The van der Waals surface area contributed by atoms with E-state index in [1.54, 1.807) is 31.6 Å². The molecule has 0 aliphatic rings. The lowest BCUT2D eigenvalue weighted by atomic mass is 10.1. The fourth-order valence-corrected chi connectivity index (χ4v) is 13.6. The van der Waals surface area contributed by atoms with Gasteiger partial charge < -0.3 is 113 Å². The second-order valence-corrected chi connectivity index (χ2v) is 32.0. The Morgan fingerprint density at radius 3 is 0.853 bits per heavy atom. The van der Waals surface area contributed by atoms with Gasteiger partial charge in [-0.2, -0.15) is 34.9 Å². The average Bonchev–Trinajstić information content (AvgIpc) is 0.912. The maximum absolute atomic E-state index is 13.2. The molecule has 27 N–H and O–H groups in total. The number of fused-ring (bicyclic) bond motifs is 7. The van der Waals surface area contributed by atoms with Crippen LogP contribution in [0, 0.1) is 31.3 Å². The highest BCUT2D eigenvalue weighted by Crippen LogP contribution is 2.30. The van der Waals surface area contributed by atoms with Gasteiger partial charge in [0.1, 0.15) is 67.3 Å². The summed E-state index contributed by atoms with van der Waals surface area (Å²) in [7, 11) is 1.57. The average molecular weight is 1900 g/mol. The highest BCUT2D eigenvalue weighted by molar-refractivity contribution is 6.31. The fraction of sp³-hybridized carbons (Fsp3) is 0.456. The Kier molecular flexibility index (Phi) is 44.2. The SMILES string of the molecule is CCCCNc1nc(N)nc2cc(Cl)cnc12.CCCC[C@@H](CO)Nc1nc(N)nc2cc(F)cnc12.CCCC[C@@H](CO)Nc1nc(N)nc2ccc(C)nc12.CCCC[C@H](CO)Nc1nc(N)nc2cc(F)cnc12.CCCC[C@H](CO)Nc1nc(N)nc2ccc(C)nc12.CCC[C@@H](CO)Nc1nc(N)nc2cc(F)cnc12.CCC[C@@H](CO)Nc1nc(N)nc2cc(OC)cnc12. The van der Waals surface area contributed by atoms with Crippen LogP contribution in [0.5, 0.6) is 5.75 Å². The van der Waals surface area contributed by atoms with E-state index in [9.17, 15) is 43.8 Å². The van der Waals surface area contributed by atoms with Crippen molar-refractivity contribution in [1.82, 2.24) is 105 Å². The lowest BCUT2D eigenvalue weighted by Gasteiger charge is -2.17. The van der Waals surface area contributed by atoms with Crippen LogP contribution in [0.1, 0.15) is 175 Å². The van der Waals surface area contributed by atoms with Crippen LogP contribution >= 0.6 is 11.6 Å². The number of aryl methyl sites for hydroxylation is 2. The van der Waals surface area contributed by atoms with E-state index in [-0.39, 0.29) is 118 Å². The fourth-order valence-electron chi connectivity index (χ4n) is 13.5. The van der Waals surface area contributed by atoms with Gasteiger partial charge in [-0.1, -0.05) is 131 Å². The number of nitrogens with two attached hydrogens (primary N) is 7. The molecular formula is C90H127ClF3N35O7. The third-order valence-electron chi connectivity index (χ3n) is 20.3. The number of aromatic nitrogens is 21. The quantitative estimate of drug-likeness (QED) is 0.0159. The van der Waals surface area contributed by atoms with Gasteiger partial charge in [0.2, 0.25) is 41.6 Å². The zero-order valence-electron chi connectivity index (χ0n) is 78.3. The monoisotopic (exact) mass is 1900 g/mol. The maximum Gasteiger partial charge on any atom is 0.222 e. The zero-order chi connectivity index (χ0) is 98.8. The van der Waals surface area contributed by atoms with Crippen molar-refractivity contribution in [2.45, 2.75) is 214 Å². The standard InChI is InChI=1S/2C14H21N5O.2C13H18FN5O.C13H19N5O2.C12H16FN5O.C11H14ClN5/c2*1-3-4-5-10(8-20)17-13-12-11(18-14(15)19-13)7-6-9(2)16-12;2*1-2-3-4-9(7-20)17-12-11-10(18-13(15)19-12)5-8(14)6-16-11;1-3-4-8(7-19)16-12-11-10(17-13(14)18-12)5-9(20-2)6-15-11;1-2-3-8(6-19)16-11-10-9(17-12(14)18-11)4-7(13)5-15-10;1-2-3-4-14-10-9-8(16-11(13)17-10)5-7(12)6-15-9/h2*6-7,10,20H,3-5,8H2,1-2H3,(H3,15,17,18,19);2*5-6,9,20H,2-4,7H2,1H3,(H3,15,17,18,19);5-6,8,19H,3-4,7H2,1-2H3,(H3,14,16,17,18);4-5,8,19H,2-3,6H2,1H3,(H3,14,16,17,18);5-6H,2-4H2,1H3,(H3,13,14,16,17)/t2*10-;2*9-;2*8-;/m101000./s1. The third-order valence-corrected chi connectivity index (χ3v) is 20.5. The molecule has 0 unspecified atom stereocenters. The molecule has 0 saturated heterocycles. The van der Waals surface area contributed by atoms with E-state index in [0.29, 0.717) is 129 Å². The smallest absolute Gasteiger partial charge is 0.222 e. The lowest BCUT2D eigenvalue weighted by Crippen LogP contribution is -2.24. The number of hydrogen-bond donors (Lipinski definition) is 20. The number of halogens is 4. The van der Waals surface area contributed by atoms with Crippen LogP contribution in [0.25, 0.3) is 77.2 Å². The Labute approximate surface area is 790 Å². The first kappa shape index (κ1) is 108. The Hall–Kier alpha value is -13.7. The molecule has 0 amide bonds. The Morgan fingerprint density at radius 1 is 0.301 bits per heavy atom. The number of nitrogens with one attached hydrogen (secondary N) is 7. The Balaban J connectivity index is 0.000000195. The van der Waals surface area contributed by atoms with Crippen LogP contribution in [0.4, 0.5) is 95.5 Å². The molecule has 0 bridgehead atoms. The molecule has 0 aliphatic heterocycles. The zero-order valence-corrected chi connectivity index (χ0v) is 79.0. The van der Waals surface area contributed by atoms with Crippen molar-refractivity contribution < 1.29 is 48.5 Å². The largest absolute Gasteiger partial charge is 0.495 e. The van der Waals surface area contributed by atoms with Crippen LogP contribution in [0.3, 0.4) is 0 Å². The summed E-state index contributed by atoms with van der Waals surface area (Å²) in [6, 6.07) is 14.2. The molecule has 42 nitrogen and oxygen atoms in total. The number of ether oxygens (including phenoxy) is 1. The molecule has 0 radical (unpaired) electrons. The molecule has 136 heavy (non-hydrogen) atoms. The molecule has 0 saturated carbocycles. The molecule has 14 aromatic rings. The summed E-state index contributed by atoms with van der Waals surface area (Å²) in [5.41, 5.74) is 49.1. The van der Waals surface area contributed by atoms with Crippen molar-refractivity contribution >= 4 is 171 Å². The number of nitrogens with zero attached hydrogens (tertiary/aromatic N) is 21. The maximum atomic E-state index is 13.2. The van der Waals surface area contributed by atoms with Gasteiger partial charge >= 0.3 is 0 Å². The van der Waals surface area contributed by atoms with Gasteiger partial charge in [-0.05, 0) is 89.1 Å². The van der Waals surface area contributed by atoms with Crippen molar-refractivity contribution in [3.8, 4) is 5.75 Å². The molecule has 0 aliphatic carbocycles. The molecular weight excluding hydrogens is 1780 g/mol. The highest BCUT2D eigenvalue weighted by Gasteiger charge is 2.22. The number of anilines is 14. The number of nitrogen functional groups attached to an aromatic ring is 7. The summed E-state index contributed by atoms with van der Waals surface area (Å²) in [5.74, 6) is 3.70. The van der Waals surface area contributed by atoms with E-state index in [1.807, 2.05) is 45.0 Å². The van der Waals surface area contributed by atoms with Crippen molar-refractivity contribution in [3.05, 3.63) is 119 Å². The van der Waals surface area contributed by atoms with Gasteiger partial charge in [-0.15, -0.1) is 0 Å². The predicted molar refractivity (Wildman–Crippen MR) is 531 cm³/mol. The summed E-state index contributed by atoms with van der Waals surface area (Å²) < 4.78 is 44.6. The second-order valence-electron chi connectivity index (χ2n) is 31.6. The minimum absolute atomic E-state index is 0.0212. The number of methoxy groups -OCH3 is 1. The van der Waals surface area contributed by atoms with Gasteiger partial charge in [0, 0.05) is 48.4 Å². The minimum Gasteiger partial charge on any atom is -0.495 e. The highest BCUT2D eigenvalue weighted by atomic mass is 35.5. The molecule has 732 valence electrons. The number of rotatable bonds is 39. The summed E-state index contributed by atoms with van der Waals surface area (Å²) in [6.45, 7) is 19.3. The number of aliphatic hydroxyl groups excluding tert-OH is 6.